The average Bonchev–Trinajstić information content (AvgIpc) is 2.28. The molecule has 1 aromatic rings. The lowest BCUT2D eigenvalue weighted by atomic mass is 10.1. The second-order valence-corrected chi connectivity index (χ2v) is 4.32. The van der Waals surface area contributed by atoms with E-state index in [1.807, 2.05) is 0 Å². The Balaban J connectivity index is 2.64. The largest absolute Gasteiger partial charge is 0.481 e. The first-order valence-corrected chi connectivity index (χ1v) is 5.56. The molecule has 0 saturated heterocycles. The number of carbonyl (C=O) groups excluding carboxylic acids is 1. The number of amides is 1. The molecule has 0 heterocycles. The summed E-state index contributed by atoms with van der Waals surface area (Å²) in [6, 6.07) is 4.92. The molecule has 0 spiro atoms. The Morgan fingerprint density at radius 2 is 2.12 bits per heavy atom. The third-order valence-electron chi connectivity index (χ3n) is 2.41. The fourth-order valence-corrected chi connectivity index (χ4v) is 1.34. The molecule has 0 aliphatic rings. The minimum Gasteiger partial charge on any atom is -0.481 e. The number of carbonyl (C=O) groups is 2. The van der Waals surface area contributed by atoms with Crippen LogP contribution in [0.3, 0.4) is 0 Å². The van der Waals surface area contributed by atoms with Gasteiger partial charge in [-0.05, 0) is 30.7 Å². The van der Waals surface area contributed by atoms with Gasteiger partial charge < -0.3 is 10.4 Å². The maximum absolute atomic E-state index is 11.7. The van der Waals surface area contributed by atoms with Crippen molar-refractivity contribution in [3.8, 4) is 0 Å². The van der Waals surface area contributed by atoms with Gasteiger partial charge in [-0.1, -0.05) is 18.5 Å². The van der Waals surface area contributed by atoms with Gasteiger partial charge in [-0.15, -0.1) is 0 Å². The minimum atomic E-state index is -0.933. The van der Waals surface area contributed by atoms with Gasteiger partial charge in [-0.3, -0.25) is 9.59 Å². The van der Waals surface area contributed by atoms with Crippen molar-refractivity contribution in [3.05, 3.63) is 34.3 Å². The fourth-order valence-electron chi connectivity index (χ4n) is 1.22. The van der Waals surface area contributed by atoms with Crippen molar-refractivity contribution in [2.24, 2.45) is 5.92 Å². The molecule has 1 atom stereocenters. The third kappa shape index (κ3) is 3.75. The van der Waals surface area contributed by atoms with Crippen molar-refractivity contribution in [1.82, 2.24) is 5.32 Å². The van der Waals surface area contributed by atoms with Crippen LogP contribution in [-0.4, -0.2) is 23.5 Å². The van der Waals surface area contributed by atoms with Crippen LogP contribution >= 0.6 is 11.6 Å². The molecule has 0 radical (unpaired) electrons. The van der Waals surface area contributed by atoms with Gasteiger partial charge in [0.05, 0.1) is 5.92 Å². The first kappa shape index (κ1) is 13.5. The quantitative estimate of drug-likeness (QED) is 0.866. The van der Waals surface area contributed by atoms with E-state index >= 15 is 0 Å². The summed E-state index contributed by atoms with van der Waals surface area (Å²) in [6.45, 7) is 3.45. The summed E-state index contributed by atoms with van der Waals surface area (Å²) in [5.74, 6) is -1.83. The maximum Gasteiger partial charge on any atom is 0.308 e. The highest BCUT2D eigenvalue weighted by molar-refractivity contribution is 6.31. The molecule has 2 N–H and O–H groups in total. The van der Waals surface area contributed by atoms with Crippen molar-refractivity contribution in [2.45, 2.75) is 13.8 Å². The number of hydrogen-bond donors (Lipinski definition) is 2. The van der Waals surface area contributed by atoms with E-state index in [2.05, 4.69) is 5.32 Å². The lowest BCUT2D eigenvalue weighted by molar-refractivity contribution is -0.140. The van der Waals surface area contributed by atoms with Gasteiger partial charge in [0.2, 0.25) is 0 Å². The lowest BCUT2D eigenvalue weighted by Gasteiger charge is -2.09. The molecule has 0 aliphatic heterocycles. The van der Waals surface area contributed by atoms with Crippen molar-refractivity contribution < 1.29 is 14.7 Å². The zero-order valence-corrected chi connectivity index (χ0v) is 10.4. The summed E-state index contributed by atoms with van der Waals surface area (Å²) >= 11 is 5.84. The van der Waals surface area contributed by atoms with E-state index in [0.29, 0.717) is 10.6 Å². The molecule has 92 valence electrons. The molecule has 0 aromatic heterocycles. The standard InChI is InChI=1S/C12H14ClNO3/c1-7-5-9(3-4-10(7)13)11(15)14-6-8(2)12(16)17/h3-5,8H,6H2,1-2H3,(H,14,15)(H,16,17). The van der Waals surface area contributed by atoms with Crippen LogP contribution in [0.1, 0.15) is 22.8 Å². The molecular weight excluding hydrogens is 242 g/mol. The molecule has 4 nitrogen and oxygen atoms in total. The maximum atomic E-state index is 11.7. The summed E-state index contributed by atoms with van der Waals surface area (Å²) < 4.78 is 0. The Labute approximate surface area is 105 Å². The second kappa shape index (κ2) is 5.68. The second-order valence-electron chi connectivity index (χ2n) is 3.91. The average molecular weight is 256 g/mol. The van der Waals surface area contributed by atoms with Crippen LogP contribution in [-0.2, 0) is 4.79 Å². The first-order chi connectivity index (χ1) is 7.91. The minimum absolute atomic E-state index is 0.107. The molecule has 1 amide bonds. The van der Waals surface area contributed by atoms with E-state index < -0.39 is 11.9 Å². The number of carboxylic acids is 1. The van der Waals surface area contributed by atoms with Crippen LogP contribution in [0.4, 0.5) is 0 Å². The Morgan fingerprint density at radius 1 is 1.47 bits per heavy atom. The smallest absolute Gasteiger partial charge is 0.308 e. The lowest BCUT2D eigenvalue weighted by Crippen LogP contribution is -2.31. The van der Waals surface area contributed by atoms with Crippen LogP contribution in [0.5, 0.6) is 0 Å². The molecule has 1 aromatic carbocycles. The highest BCUT2D eigenvalue weighted by atomic mass is 35.5. The van der Waals surface area contributed by atoms with E-state index in [1.54, 1.807) is 25.1 Å². The fraction of sp³-hybridized carbons (Fsp3) is 0.333. The van der Waals surface area contributed by atoms with Gasteiger partial charge in [0.15, 0.2) is 0 Å². The summed E-state index contributed by atoms with van der Waals surface area (Å²) in [7, 11) is 0. The van der Waals surface area contributed by atoms with Crippen molar-refractivity contribution in [2.75, 3.05) is 6.54 Å². The summed E-state index contributed by atoms with van der Waals surface area (Å²) in [5, 5.41) is 11.8. The van der Waals surface area contributed by atoms with Crippen LogP contribution in [0.2, 0.25) is 5.02 Å². The van der Waals surface area contributed by atoms with Gasteiger partial charge in [-0.2, -0.15) is 0 Å². The topological polar surface area (TPSA) is 66.4 Å². The SMILES string of the molecule is Cc1cc(C(=O)NCC(C)C(=O)O)ccc1Cl. The molecule has 17 heavy (non-hydrogen) atoms. The number of hydrogen-bond acceptors (Lipinski definition) is 2. The van der Waals surface area contributed by atoms with E-state index in [0.717, 1.165) is 5.56 Å². The monoisotopic (exact) mass is 255 g/mol. The van der Waals surface area contributed by atoms with E-state index in [-0.39, 0.29) is 12.5 Å². The molecule has 0 bridgehead atoms. The van der Waals surface area contributed by atoms with Crippen LogP contribution < -0.4 is 5.32 Å². The van der Waals surface area contributed by atoms with Gasteiger partial charge in [0.25, 0.3) is 5.91 Å². The molecule has 0 fully saturated rings. The number of halogens is 1. The number of nitrogens with one attached hydrogen (secondary N) is 1. The third-order valence-corrected chi connectivity index (χ3v) is 2.83. The number of rotatable bonds is 4. The predicted octanol–water partition coefficient (Wildman–Crippen LogP) is 2.10. The number of aliphatic carboxylic acids is 1. The van der Waals surface area contributed by atoms with Crippen molar-refractivity contribution in [1.29, 1.82) is 0 Å². The van der Waals surface area contributed by atoms with E-state index in [4.69, 9.17) is 16.7 Å². The Morgan fingerprint density at radius 3 is 2.65 bits per heavy atom. The molecule has 5 heteroatoms. The highest BCUT2D eigenvalue weighted by Crippen LogP contribution is 2.16. The molecule has 1 rings (SSSR count). The zero-order chi connectivity index (χ0) is 13.0. The number of aryl methyl sites for hydroxylation is 1. The summed E-state index contributed by atoms with van der Waals surface area (Å²) in [4.78, 5) is 22.3. The number of benzene rings is 1. The normalized spacial score (nSPS) is 11.9. The molecule has 0 aliphatic carbocycles. The van der Waals surface area contributed by atoms with Gasteiger partial charge >= 0.3 is 5.97 Å². The van der Waals surface area contributed by atoms with Gasteiger partial charge in [-0.25, -0.2) is 0 Å². The molecule has 1 unspecified atom stereocenters. The Kier molecular flexibility index (Phi) is 4.52. The summed E-state index contributed by atoms with van der Waals surface area (Å²) in [5.41, 5.74) is 1.29. The van der Waals surface area contributed by atoms with Crippen molar-refractivity contribution in [3.63, 3.8) is 0 Å². The van der Waals surface area contributed by atoms with E-state index in [9.17, 15) is 9.59 Å². The van der Waals surface area contributed by atoms with E-state index in [1.165, 1.54) is 6.92 Å². The van der Waals surface area contributed by atoms with Crippen LogP contribution in [0, 0.1) is 12.8 Å². The first-order valence-electron chi connectivity index (χ1n) is 5.19. The van der Waals surface area contributed by atoms with Crippen molar-refractivity contribution >= 4 is 23.5 Å². The van der Waals surface area contributed by atoms with Gasteiger partial charge in [0.1, 0.15) is 0 Å². The molecule has 0 saturated carbocycles. The zero-order valence-electron chi connectivity index (χ0n) is 9.66. The Bertz CT molecular complexity index is 445. The molecular formula is C12H14ClNO3. The Hall–Kier alpha value is -1.55. The predicted molar refractivity (Wildman–Crippen MR) is 65.3 cm³/mol. The van der Waals surface area contributed by atoms with Crippen LogP contribution in [0.25, 0.3) is 0 Å². The number of carboxylic acid groups (broad SMARTS) is 1. The summed E-state index contributed by atoms with van der Waals surface area (Å²) in [6.07, 6.45) is 0. The van der Waals surface area contributed by atoms with Crippen LogP contribution in [0.15, 0.2) is 18.2 Å². The highest BCUT2D eigenvalue weighted by Gasteiger charge is 2.13. The van der Waals surface area contributed by atoms with Gasteiger partial charge in [0, 0.05) is 17.1 Å².